The molecule has 0 bridgehead atoms. The molecule has 1 atom stereocenters. The highest BCUT2D eigenvalue weighted by Crippen LogP contribution is 2.29. The molecule has 0 N–H and O–H groups in total. The molecule has 0 fully saturated rings. The number of halogens is 1. The molecule has 0 saturated carbocycles. The number of rotatable bonds is 2. The van der Waals surface area contributed by atoms with Crippen LogP contribution in [0.25, 0.3) is 5.57 Å². The Kier molecular flexibility index (Phi) is 3.48. The Hall–Kier alpha value is -0.0400. The van der Waals surface area contributed by atoms with Gasteiger partial charge in [0.1, 0.15) is 5.69 Å². The van der Waals surface area contributed by atoms with Crippen LogP contribution in [0.4, 0.5) is 0 Å². The van der Waals surface area contributed by atoms with E-state index >= 15 is 0 Å². The zero-order valence-electron chi connectivity index (χ0n) is 7.98. The number of aromatic nitrogens is 3. The first-order valence-electron chi connectivity index (χ1n) is 4.70. The first kappa shape index (κ1) is 10.5. The molecule has 0 saturated heterocycles. The highest BCUT2D eigenvalue weighted by atomic mass is 127. The van der Waals surface area contributed by atoms with Gasteiger partial charge in [0.05, 0.1) is 6.20 Å². The average molecular weight is 321 g/mol. The van der Waals surface area contributed by atoms with Crippen molar-refractivity contribution in [3.05, 3.63) is 18.0 Å². The Balaban J connectivity index is 2.15. The summed E-state index contributed by atoms with van der Waals surface area (Å²) in [6, 6.07) is 0. The van der Waals surface area contributed by atoms with E-state index in [1.165, 1.54) is 18.4 Å². The van der Waals surface area contributed by atoms with Crippen molar-refractivity contribution in [2.75, 3.05) is 0 Å². The number of hydrogen-bond donors (Lipinski definition) is 0. The Morgan fingerprint density at radius 2 is 2.50 bits per heavy atom. The van der Waals surface area contributed by atoms with Gasteiger partial charge in [0, 0.05) is 30.3 Å². The first-order chi connectivity index (χ1) is 6.79. The summed E-state index contributed by atoms with van der Waals surface area (Å²) in [5.74, 6) is 0.827. The molecule has 1 aliphatic carbocycles. The van der Waals surface area contributed by atoms with Crippen molar-refractivity contribution in [1.82, 2.24) is 14.4 Å². The van der Waals surface area contributed by atoms with E-state index in [0.29, 0.717) is 0 Å². The largest absolute Gasteiger partial charge is 0.183 e. The van der Waals surface area contributed by atoms with E-state index in [9.17, 15) is 0 Å². The van der Waals surface area contributed by atoms with Crippen LogP contribution in [0.5, 0.6) is 0 Å². The lowest BCUT2D eigenvalue weighted by Gasteiger charge is -2.16. The van der Waals surface area contributed by atoms with Gasteiger partial charge < -0.3 is 0 Å². The van der Waals surface area contributed by atoms with E-state index in [2.05, 4.69) is 44.5 Å². The maximum atomic E-state index is 4.15. The SMILES string of the molecule is CC1CC=C(c2cn(SI)nn2)CC1. The highest BCUT2D eigenvalue weighted by Gasteiger charge is 2.13. The van der Waals surface area contributed by atoms with Gasteiger partial charge in [-0.25, -0.2) is 0 Å². The van der Waals surface area contributed by atoms with Gasteiger partial charge in [0.15, 0.2) is 0 Å². The monoisotopic (exact) mass is 321 g/mol. The van der Waals surface area contributed by atoms with Gasteiger partial charge in [-0.3, -0.25) is 0 Å². The lowest BCUT2D eigenvalue weighted by molar-refractivity contribution is 0.533. The second kappa shape index (κ2) is 4.65. The van der Waals surface area contributed by atoms with E-state index in [1.807, 2.05) is 6.20 Å². The van der Waals surface area contributed by atoms with Crippen LogP contribution in [0.1, 0.15) is 31.9 Å². The number of hydrogen-bond acceptors (Lipinski definition) is 3. The Labute approximate surface area is 100 Å². The smallest absolute Gasteiger partial charge is 0.109 e. The van der Waals surface area contributed by atoms with E-state index < -0.39 is 0 Å². The lowest BCUT2D eigenvalue weighted by Crippen LogP contribution is -2.01. The van der Waals surface area contributed by atoms with Crippen molar-refractivity contribution in [1.29, 1.82) is 0 Å². The molecule has 1 aliphatic rings. The van der Waals surface area contributed by atoms with Gasteiger partial charge in [-0.1, -0.05) is 18.2 Å². The maximum Gasteiger partial charge on any atom is 0.109 e. The molecular weight excluding hydrogens is 309 g/mol. The minimum absolute atomic E-state index is 0.827. The molecular formula is C9H12IN3S. The van der Waals surface area contributed by atoms with Crippen molar-refractivity contribution >= 4 is 35.9 Å². The van der Waals surface area contributed by atoms with Crippen molar-refractivity contribution in [2.24, 2.45) is 5.92 Å². The summed E-state index contributed by atoms with van der Waals surface area (Å²) in [7, 11) is 1.54. The van der Waals surface area contributed by atoms with Crippen molar-refractivity contribution in [2.45, 2.75) is 26.2 Å². The molecule has 0 amide bonds. The number of nitrogens with zero attached hydrogens (tertiary/aromatic N) is 3. The third-order valence-electron chi connectivity index (χ3n) is 2.55. The predicted molar refractivity (Wildman–Crippen MR) is 68.0 cm³/mol. The number of allylic oxidation sites excluding steroid dienone is 2. The second-order valence-electron chi connectivity index (χ2n) is 3.68. The van der Waals surface area contributed by atoms with Crippen molar-refractivity contribution < 1.29 is 0 Å². The maximum absolute atomic E-state index is 4.15. The molecule has 0 spiro atoms. The normalized spacial score (nSPS) is 22.1. The van der Waals surface area contributed by atoms with Crippen LogP contribution < -0.4 is 0 Å². The Morgan fingerprint density at radius 3 is 3.07 bits per heavy atom. The van der Waals surface area contributed by atoms with Crippen LogP contribution in [-0.2, 0) is 0 Å². The zero-order chi connectivity index (χ0) is 9.97. The minimum atomic E-state index is 0.827. The lowest BCUT2D eigenvalue weighted by atomic mass is 9.90. The van der Waals surface area contributed by atoms with Gasteiger partial charge in [-0.05, 0) is 30.8 Å². The molecule has 0 radical (unpaired) electrons. The Morgan fingerprint density at radius 1 is 1.64 bits per heavy atom. The van der Waals surface area contributed by atoms with Crippen LogP contribution >= 0.6 is 30.3 Å². The average Bonchev–Trinajstić information content (AvgIpc) is 2.67. The molecule has 76 valence electrons. The van der Waals surface area contributed by atoms with Crippen LogP contribution in [0.3, 0.4) is 0 Å². The van der Waals surface area contributed by atoms with Crippen LogP contribution in [-0.4, -0.2) is 14.4 Å². The van der Waals surface area contributed by atoms with Gasteiger partial charge in [-0.2, -0.15) is 4.09 Å². The van der Waals surface area contributed by atoms with Gasteiger partial charge in [-0.15, -0.1) is 5.10 Å². The van der Waals surface area contributed by atoms with E-state index in [-0.39, 0.29) is 0 Å². The van der Waals surface area contributed by atoms with Gasteiger partial charge >= 0.3 is 0 Å². The highest BCUT2D eigenvalue weighted by molar-refractivity contribution is 14.2. The van der Waals surface area contributed by atoms with E-state index in [4.69, 9.17) is 0 Å². The predicted octanol–water partition coefficient (Wildman–Crippen LogP) is 3.33. The molecule has 2 rings (SSSR count). The summed E-state index contributed by atoms with van der Waals surface area (Å²) >= 11 is 2.20. The molecule has 14 heavy (non-hydrogen) atoms. The van der Waals surface area contributed by atoms with Gasteiger partial charge in [0.25, 0.3) is 0 Å². The molecule has 1 aromatic heterocycles. The summed E-state index contributed by atoms with van der Waals surface area (Å²) in [6.45, 7) is 2.30. The molecule has 0 aromatic carbocycles. The van der Waals surface area contributed by atoms with Crippen molar-refractivity contribution in [3.63, 3.8) is 0 Å². The summed E-state index contributed by atoms with van der Waals surface area (Å²) in [4.78, 5) is 0. The minimum Gasteiger partial charge on any atom is -0.183 e. The third kappa shape index (κ3) is 2.31. The van der Waals surface area contributed by atoms with Crippen LogP contribution in [0.2, 0.25) is 0 Å². The topological polar surface area (TPSA) is 30.7 Å². The zero-order valence-corrected chi connectivity index (χ0v) is 11.0. The summed E-state index contributed by atoms with van der Waals surface area (Å²) in [6.07, 6.45) is 7.90. The molecule has 1 unspecified atom stereocenters. The summed E-state index contributed by atoms with van der Waals surface area (Å²) in [5, 5.41) is 8.16. The van der Waals surface area contributed by atoms with E-state index in [1.54, 1.807) is 13.2 Å². The van der Waals surface area contributed by atoms with E-state index in [0.717, 1.165) is 18.0 Å². The van der Waals surface area contributed by atoms with Crippen molar-refractivity contribution in [3.8, 4) is 0 Å². The summed E-state index contributed by atoms with van der Waals surface area (Å²) < 4.78 is 1.79. The van der Waals surface area contributed by atoms with Crippen LogP contribution in [0.15, 0.2) is 12.3 Å². The molecule has 1 aromatic rings. The fraction of sp³-hybridized carbons (Fsp3) is 0.556. The molecule has 5 heteroatoms. The van der Waals surface area contributed by atoms with Crippen LogP contribution in [0, 0.1) is 5.92 Å². The summed E-state index contributed by atoms with van der Waals surface area (Å²) in [5.41, 5.74) is 2.40. The molecule has 3 nitrogen and oxygen atoms in total. The first-order valence-corrected chi connectivity index (χ1v) is 8.02. The molecule has 0 aliphatic heterocycles. The molecule has 1 heterocycles. The Bertz CT molecular complexity index is 348. The second-order valence-corrected chi connectivity index (χ2v) is 5.38. The van der Waals surface area contributed by atoms with Gasteiger partial charge in [0.2, 0.25) is 0 Å². The fourth-order valence-corrected chi connectivity index (χ4v) is 2.41. The fourth-order valence-electron chi connectivity index (χ4n) is 1.63. The third-order valence-corrected chi connectivity index (χ3v) is 4.08. The standard InChI is InChI=1S/C9H12IN3S/c1-7-2-4-8(5-3-7)9-6-13(14-10)12-11-9/h4,6-7H,2-3,5H2,1H3. The quantitative estimate of drug-likeness (QED) is 0.783.